The number of aliphatic hydroxyl groups excluding tert-OH is 1. The number of hydrogen-bond acceptors (Lipinski definition) is 3. The molecule has 0 radical (unpaired) electrons. The first kappa shape index (κ1) is 14.8. The van der Waals surface area contributed by atoms with Gasteiger partial charge in [-0.3, -0.25) is 9.89 Å². The van der Waals surface area contributed by atoms with Gasteiger partial charge in [-0.2, -0.15) is 5.10 Å². The maximum Gasteiger partial charge on any atom is 0.255 e. The highest BCUT2D eigenvalue weighted by Gasteiger charge is 2.36. The maximum atomic E-state index is 13.6. The van der Waals surface area contributed by atoms with Gasteiger partial charge in [0, 0.05) is 11.9 Å². The SMILES string of the molecule is O=C(c1cccc2[nH]ncc12)N1C[C@@H](O)C[C@H]1c1cccc(F)c1. The number of rotatable bonds is 2. The van der Waals surface area contributed by atoms with Gasteiger partial charge in [-0.15, -0.1) is 0 Å². The van der Waals surface area contributed by atoms with E-state index in [2.05, 4.69) is 10.2 Å². The lowest BCUT2D eigenvalue weighted by Gasteiger charge is -2.25. The van der Waals surface area contributed by atoms with Crippen LogP contribution in [0.15, 0.2) is 48.7 Å². The molecular weight excluding hydrogens is 309 g/mol. The van der Waals surface area contributed by atoms with Gasteiger partial charge in [0.25, 0.3) is 5.91 Å². The highest BCUT2D eigenvalue weighted by molar-refractivity contribution is 6.06. The summed E-state index contributed by atoms with van der Waals surface area (Å²) in [5, 5.41) is 17.6. The van der Waals surface area contributed by atoms with Crippen LogP contribution in [0.4, 0.5) is 4.39 Å². The lowest BCUT2D eigenvalue weighted by molar-refractivity contribution is 0.0717. The fourth-order valence-electron chi connectivity index (χ4n) is 3.38. The van der Waals surface area contributed by atoms with Gasteiger partial charge in [0.2, 0.25) is 0 Å². The van der Waals surface area contributed by atoms with E-state index in [0.29, 0.717) is 17.5 Å². The molecule has 2 N–H and O–H groups in total. The molecular formula is C18H16FN3O2. The second kappa shape index (κ2) is 5.72. The van der Waals surface area contributed by atoms with Crippen LogP contribution in [0, 0.1) is 5.82 Å². The lowest BCUT2D eigenvalue weighted by atomic mass is 10.0. The van der Waals surface area contributed by atoms with E-state index in [4.69, 9.17) is 0 Å². The molecule has 1 fully saturated rings. The van der Waals surface area contributed by atoms with Crippen molar-refractivity contribution in [1.82, 2.24) is 15.1 Å². The van der Waals surface area contributed by atoms with Crippen molar-refractivity contribution >= 4 is 16.8 Å². The van der Waals surface area contributed by atoms with Gasteiger partial charge in [-0.25, -0.2) is 4.39 Å². The summed E-state index contributed by atoms with van der Waals surface area (Å²) in [6.07, 6.45) is 1.40. The van der Waals surface area contributed by atoms with Crippen molar-refractivity contribution < 1.29 is 14.3 Å². The number of amides is 1. The zero-order chi connectivity index (χ0) is 16.7. The summed E-state index contributed by atoms with van der Waals surface area (Å²) in [4.78, 5) is 14.7. The minimum atomic E-state index is -0.620. The average molecular weight is 325 g/mol. The number of hydrogen-bond donors (Lipinski definition) is 2. The number of fused-ring (bicyclic) bond motifs is 1. The number of benzene rings is 2. The van der Waals surface area contributed by atoms with Crippen LogP contribution in [0.5, 0.6) is 0 Å². The Balaban J connectivity index is 1.73. The first-order valence-electron chi connectivity index (χ1n) is 7.80. The standard InChI is InChI=1S/C18H16FN3O2/c19-12-4-1-3-11(7-12)17-8-13(23)10-22(17)18(24)14-5-2-6-16-15(14)9-20-21-16/h1-7,9,13,17,23H,8,10H2,(H,20,21)/t13-,17-/m0/s1. The molecule has 2 atom stereocenters. The summed E-state index contributed by atoms with van der Waals surface area (Å²) < 4.78 is 13.6. The molecule has 1 saturated heterocycles. The number of halogens is 1. The van der Waals surface area contributed by atoms with E-state index in [0.717, 1.165) is 10.9 Å². The topological polar surface area (TPSA) is 69.2 Å². The first-order chi connectivity index (χ1) is 11.6. The summed E-state index contributed by atoms with van der Waals surface area (Å²) >= 11 is 0. The Labute approximate surface area is 137 Å². The molecule has 2 aromatic carbocycles. The maximum absolute atomic E-state index is 13.6. The number of carbonyl (C=O) groups excluding carboxylic acids is 1. The number of β-amino-alcohol motifs (C(OH)–C–C–N with tert-alkyl or cyclic N) is 1. The molecule has 1 aromatic heterocycles. The zero-order valence-corrected chi connectivity index (χ0v) is 12.8. The van der Waals surface area contributed by atoms with Gasteiger partial charge in [0.15, 0.2) is 0 Å². The predicted octanol–water partition coefficient (Wildman–Crippen LogP) is 2.65. The van der Waals surface area contributed by atoms with E-state index in [1.54, 1.807) is 35.4 Å². The van der Waals surface area contributed by atoms with E-state index in [9.17, 15) is 14.3 Å². The van der Waals surface area contributed by atoms with Crippen molar-refractivity contribution in [3.05, 3.63) is 65.6 Å². The summed E-state index contributed by atoms with van der Waals surface area (Å²) in [5.41, 5.74) is 2.00. The van der Waals surface area contributed by atoms with E-state index in [-0.39, 0.29) is 24.3 Å². The third kappa shape index (κ3) is 2.45. The largest absolute Gasteiger partial charge is 0.391 e. The van der Waals surface area contributed by atoms with E-state index >= 15 is 0 Å². The molecule has 5 nitrogen and oxygen atoms in total. The molecule has 0 spiro atoms. The molecule has 1 aliphatic heterocycles. The van der Waals surface area contributed by atoms with Gasteiger partial charge in [-0.1, -0.05) is 18.2 Å². The molecule has 0 aliphatic carbocycles. The molecule has 24 heavy (non-hydrogen) atoms. The predicted molar refractivity (Wildman–Crippen MR) is 86.9 cm³/mol. The monoisotopic (exact) mass is 325 g/mol. The van der Waals surface area contributed by atoms with Crippen LogP contribution < -0.4 is 0 Å². The second-order valence-electron chi connectivity index (χ2n) is 6.05. The molecule has 4 rings (SSSR count). The fourth-order valence-corrected chi connectivity index (χ4v) is 3.38. The van der Waals surface area contributed by atoms with E-state index < -0.39 is 6.10 Å². The Kier molecular flexibility index (Phi) is 3.54. The normalized spacial score (nSPS) is 20.7. The quantitative estimate of drug-likeness (QED) is 0.761. The Hall–Kier alpha value is -2.73. The molecule has 0 bridgehead atoms. The molecule has 0 unspecified atom stereocenters. The van der Waals surface area contributed by atoms with Crippen LogP contribution in [-0.2, 0) is 0 Å². The fraction of sp³-hybridized carbons (Fsp3) is 0.222. The minimum absolute atomic E-state index is 0.187. The van der Waals surface area contributed by atoms with E-state index in [1.807, 2.05) is 6.07 Å². The van der Waals surface area contributed by atoms with Crippen LogP contribution in [0.2, 0.25) is 0 Å². The number of nitrogens with zero attached hydrogens (tertiary/aromatic N) is 2. The smallest absolute Gasteiger partial charge is 0.255 e. The van der Waals surface area contributed by atoms with Crippen molar-refractivity contribution in [2.24, 2.45) is 0 Å². The Bertz CT molecular complexity index is 908. The number of aliphatic hydroxyl groups is 1. The first-order valence-corrected chi connectivity index (χ1v) is 7.80. The summed E-state index contributed by atoms with van der Waals surface area (Å²) in [6.45, 7) is 0.230. The minimum Gasteiger partial charge on any atom is -0.391 e. The number of aromatic amines is 1. The summed E-state index contributed by atoms with van der Waals surface area (Å²) in [7, 11) is 0. The number of aromatic nitrogens is 2. The van der Waals surface area contributed by atoms with Crippen molar-refractivity contribution in [2.75, 3.05) is 6.54 Å². The van der Waals surface area contributed by atoms with Crippen molar-refractivity contribution in [1.29, 1.82) is 0 Å². The molecule has 2 heterocycles. The number of H-pyrrole nitrogens is 1. The summed E-state index contributed by atoms with van der Waals surface area (Å²) in [5.74, 6) is -0.536. The number of likely N-dealkylation sites (tertiary alicyclic amines) is 1. The van der Waals surface area contributed by atoms with Gasteiger partial charge < -0.3 is 10.0 Å². The molecule has 3 aromatic rings. The molecule has 1 aliphatic rings. The lowest BCUT2D eigenvalue weighted by Crippen LogP contribution is -2.31. The Morgan fingerprint density at radius 3 is 2.96 bits per heavy atom. The number of carbonyl (C=O) groups is 1. The molecule has 122 valence electrons. The second-order valence-corrected chi connectivity index (χ2v) is 6.05. The highest BCUT2D eigenvalue weighted by Crippen LogP contribution is 2.34. The van der Waals surface area contributed by atoms with Gasteiger partial charge >= 0.3 is 0 Å². The Morgan fingerprint density at radius 2 is 2.12 bits per heavy atom. The van der Waals surface area contributed by atoms with Crippen LogP contribution >= 0.6 is 0 Å². The number of nitrogens with one attached hydrogen (secondary N) is 1. The van der Waals surface area contributed by atoms with Gasteiger partial charge in [0.05, 0.1) is 29.4 Å². The van der Waals surface area contributed by atoms with Gasteiger partial charge in [0.1, 0.15) is 5.82 Å². The van der Waals surface area contributed by atoms with Crippen molar-refractivity contribution in [3.8, 4) is 0 Å². The summed E-state index contributed by atoms with van der Waals surface area (Å²) in [6, 6.07) is 11.2. The van der Waals surface area contributed by atoms with Crippen molar-refractivity contribution in [3.63, 3.8) is 0 Å². The molecule has 6 heteroatoms. The van der Waals surface area contributed by atoms with Gasteiger partial charge in [-0.05, 0) is 36.2 Å². The zero-order valence-electron chi connectivity index (χ0n) is 12.8. The Morgan fingerprint density at radius 1 is 1.29 bits per heavy atom. The van der Waals surface area contributed by atoms with E-state index in [1.165, 1.54) is 12.1 Å². The third-order valence-corrected chi connectivity index (χ3v) is 4.49. The molecule has 0 saturated carbocycles. The van der Waals surface area contributed by atoms with Crippen LogP contribution in [0.1, 0.15) is 28.4 Å². The van der Waals surface area contributed by atoms with Crippen LogP contribution in [0.25, 0.3) is 10.9 Å². The van der Waals surface area contributed by atoms with Crippen LogP contribution in [-0.4, -0.2) is 38.8 Å². The third-order valence-electron chi connectivity index (χ3n) is 4.49. The average Bonchev–Trinajstić information content (AvgIpc) is 3.20. The van der Waals surface area contributed by atoms with Crippen LogP contribution in [0.3, 0.4) is 0 Å². The van der Waals surface area contributed by atoms with Crippen molar-refractivity contribution in [2.45, 2.75) is 18.6 Å². The molecule has 1 amide bonds. The highest BCUT2D eigenvalue weighted by atomic mass is 19.1.